The second-order valence-corrected chi connectivity index (χ2v) is 7.84. The number of hydrogen-bond donors (Lipinski definition) is 1. The highest BCUT2D eigenvalue weighted by molar-refractivity contribution is 6.28. The summed E-state index contributed by atoms with van der Waals surface area (Å²) in [5.41, 5.74) is 7.10. The Hall–Kier alpha value is -4.08. The monoisotopic (exact) mass is 511 g/mol. The summed E-state index contributed by atoms with van der Waals surface area (Å²) >= 11 is 0. The molecule has 0 unspecified atom stereocenters. The van der Waals surface area contributed by atoms with E-state index in [9.17, 15) is 24.0 Å². The predicted octanol–water partition coefficient (Wildman–Crippen LogP) is 2.71. The molecule has 2 aromatic carbocycles. The summed E-state index contributed by atoms with van der Waals surface area (Å²) in [5.74, 6) is -3.75. The molecule has 0 aliphatic heterocycles. The zero-order valence-electron chi connectivity index (χ0n) is 18.9. The van der Waals surface area contributed by atoms with Crippen molar-refractivity contribution in [2.24, 2.45) is 5.73 Å². The largest absolute Gasteiger partial charge is 0.462 e. The minimum atomic E-state index is -0.880. The summed E-state index contributed by atoms with van der Waals surface area (Å²) in [4.78, 5) is 61.7. The topological polar surface area (TPSA) is 143 Å². The van der Waals surface area contributed by atoms with E-state index in [1.807, 2.05) is 30.3 Å². The number of carbonyl (C=O) groups is 5. The van der Waals surface area contributed by atoms with Gasteiger partial charge >= 0.3 is 11.9 Å². The lowest BCUT2D eigenvalue weighted by Gasteiger charge is -2.11. The molecule has 0 bridgehead atoms. The van der Waals surface area contributed by atoms with E-state index in [-0.39, 0.29) is 53.8 Å². The Balaban J connectivity index is 0.00000361. The normalized spacial score (nSPS) is 12.6. The van der Waals surface area contributed by atoms with Crippen molar-refractivity contribution in [2.45, 2.75) is 18.9 Å². The zero-order valence-corrected chi connectivity index (χ0v) is 19.7. The average molecular weight is 512 g/mol. The van der Waals surface area contributed by atoms with Crippen LogP contribution >= 0.6 is 12.4 Å². The van der Waals surface area contributed by atoms with Gasteiger partial charge in [-0.25, -0.2) is 0 Å². The molecule has 186 valence electrons. The zero-order chi connectivity index (χ0) is 24.9. The number of Topliss-reactive ketones (excluding diaryl/α,β-unsaturated/α-hetero) is 1. The maximum Gasteiger partial charge on any atom is 0.323 e. The molecule has 10 heteroatoms. The van der Waals surface area contributed by atoms with Crippen molar-refractivity contribution in [3.8, 4) is 0 Å². The third-order valence-corrected chi connectivity index (χ3v) is 5.37. The number of halogens is 1. The van der Waals surface area contributed by atoms with E-state index in [1.165, 1.54) is 12.1 Å². The Morgan fingerprint density at radius 3 is 2.14 bits per heavy atom. The minimum absolute atomic E-state index is 0. The van der Waals surface area contributed by atoms with Crippen LogP contribution in [-0.4, -0.2) is 48.5 Å². The number of benzene rings is 2. The van der Waals surface area contributed by atoms with Gasteiger partial charge in [0.25, 0.3) is 0 Å². The lowest BCUT2D eigenvalue weighted by atomic mass is 9.88. The quantitative estimate of drug-likeness (QED) is 0.155. The van der Waals surface area contributed by atoms with Crippen LogP contribution in [0, 0.1) is 0 Å². The van der Waals surface area contributed by atoms with Gasteiger partial charge in [-0.3, -0.25) is 24.0 Å². The van der Waals surface area contributed by atoms with E-state index < -0.39 is 41.8 Å². The first-order valence-electron chi connectivity index (χ1n) is 10.8. The van der Waals surface area contributed by atoms with Crippen LogP contribution in [-0.2, 0) is 25.5 Å². The lowest BCUT2D eigenvalue weighted by Crippen LogP contribution is -2.35. The third-order valence-electron chi connectivity index (χ3n) is 5.37. The van der Waals surface area contributed by atoms with Crippen LogP contribution in [0.1, 0.15) is 54.6 Å². The summed E-state index contributed by atoms with van der Waals surface area (Å²) < 4.78 is 15.3. The van der Waals surface area contributed by atoms with Crippen LogP contribution in [0.25, 0.3) is 0 Å². The first kappa shape index (κ1) is 26.5. The van der Waals surface area contributed by atoms with Crippen LogP contribution in [0.3, 0.4) is 0 Å². The van der Waals surface area contributed by atoms with Crippen LogP contribution < -0.4 is 5.73 Å². The predicted molar refractivity (Wildman–Crippen MR) is 128 cm³/mol. The van der Waals surface area contributed by atoms with Gasteiger partial charge < -0.3 is 19.6 Å². The summed E-state index contributed by atoms with van der Waals surface area (Å²) in [6.45, 7) is -0.492. The molecule has 0 radical (unpaired) electrons. The molecular weight excluding hydrogens is 490 g/mol. The number of esters is 2. The molecule has 1 aromatic heterocycles. The Kier molecular flexibility index (Phi) is 8.52. The molecule has 1 aliphatic rings. The Morgan fingerprint density at radius 2 is 1.44 bits per heavy atom. The number of nitrogens with two attached hydrogens (primary N) is 1. The second kappa shape index (κ2) is 11.6. The highest BCUT2D eigenvalue weighted by Gasteiger charge is 2.34. The molecule has 0 amide bonds. The molecule has 1 aliphatic carbocycles. The van der Waals surface area contributed by atoms with E-state index in [1.54, 1.807) is 12.1 Å². The first-order valence-corrected chi connectivity index (χ1v) is 10.8. The molecule has 0 fully saturated rings. The summed E-state index contributed by atoms with van der Waals surface area (Å²) in [6, 6.07) is 15.8. The van der Waals surface area contributed by atoms with Gasteiger partial charge in [0.15, 0.2) is 17.3 Å². The number of rotatable bonds is 9. The molecule has 2 N–H and O–H groups in total. The van der Waals surface area contributed by atoms with Gasteiger partial charge in [-0.15, -0.1) is 12.4 Å². The number of carbonyl (C=O) groups excluding carboxylic acids is 5. The second-order valence-electron chi connectivity index (χ2n) is 7.84. The maximum absolute atomic E-state index is 12.6. The molecular formula is C26H22ClNO8. The number of hydrogen-bond acceptors (Lipinski definition) is 9. The first-order chi connectivity index (χ1) is 16.8. The molecule has 0 spiro atoms. The fourth-order valence-electron chi connectivity index (χ4n) is 3.64. The van der Waals surface area contributed by atoms with E-state index in [4.69, 9.17) is 19.6 Å². The summed E-state index contributed by atoms with van der Waals surface area (Å²) in [6.07, 6.45) is -0.375. The van der Waals surface area contributed by atoms with Crippen LogP contribution in [0.4, 0.5) is 0 Å². The van der Waals surface area contributed by atoms with Crippen molar-refractivity contribution < 1.29 is 37.9 Å². The molecule has 3 aromatic rings. The molecule has 0 saturated heterocycles. The minimum Gasteiger partial charge on any atom is -0.462 e. The standard InChI is InChI=1S/C26H21NO8.ClH/c27-19(12-15-6-2-1-3-7-15)26(32)34-11-10-33-22(29)14-20(28)21-13-18-23(30)16-8-4-5-9-17(16)24(31)25(18)35-21;/h1-9,13,19H,10-12,14,27H2;1H/t19-;/m0./s1. The van der Waals surface area contributed by atoms with Crippen LogP contribution in [0.15, 0.2) is 65.1 Å². The van der Waals surface area contributed by atoms with Crippen molar-refractivity contribution in [1.29, 1.82) is 0 Å². The Labute approximate surface area is 212 Å². The maximum atomic E-state index is 12.6. The molecule has 0 saturated carbocycles. The van der Waals surface area contributed by atoms with Gasteiger partial charge in [0.05, 0.1) is 5.56 Å². The van der Waals surface area contributed by atoms with Crippen molar-refractivity contribution in [3.05, 3.63) is 94.4 Å². The molecule has 4 rings (SSSR count). The number of ketones is 3. The van der Waals surface area contributed by atoms with Crippen LogP contribution in [0.5, 0.6) is 0 Å². The van der Waals surface area contributed by atoms with Gasteiger partial charge in [0.1, 0.15) is 25.7 Å². The van der Waals surface area contributed by atoms with Crippen molar-refractivity contribution >= 4 is 41.7 Å². The number of fused-ring (bicyclic) bond motifs is 2. The van der Waals surface area contributed by atoms with Crippen molar-refractivity contribution in [1.82, 2.24) is 0 Å². The average Bonchev–Trinajstić information content (AvgIpc) is 3.32. The highest BCUT2D eigenvalue weighted by Crippen LogP contribution is 2.30. The van der Waals surface area contributed by atoms with Crippen molar-refractivity contribution in [2.75, 3.05) is 13.2 Å². The number of furan rings is 1. The van der Waals surface area contributed by atoms with E-state index >= 15 is 0 Å². The van der Waals surface area contributed by atoms with Gasteiger partial charge in [0, 0.05) is 11.1 Å². The fraction of sp³-hybridized carbons (Fsp3) is 0.192. The summed E-state index contributed by atoms with van der Waals surface area (Å²) in [7, 11) is 0. The van der Waals surface area contributed by atoms with Crippen molar-refractivity contribution in [3.63, 3.8) is 0 Å². The Bertz CT molecular complexity index is 1260. The molecule has 1 atom stereocenters. The molecule has 36 heavy (non-hydrogen) atoms. The van der Waals surface area contributed by atoms with Gasteiger partial charge in [-0.2, -0.15) is 0 Å². The fourth-order valence-corrected chi connectivity index (χ4v) is 3.64. The van der Waals surface area contributed by atoms with Crippen LogP contribution in [0.2, 0.25) is 0 Å². The molecule has 9 nitrogen and oxygen atoms in total. The third kappa shape index (κ3) is 5.76. The lowest BCUT2D eigenvalue weighted by molar-refractivity contribution is -0.152. The molecule has 1 heterocycles. The van der Waals surface area contributed by atoms with E-state index in [0.29, 0.717) is 6.42 Å². The SMILES string of the molecule is Cl.N[C@@H](Cc1ccccc1)C(=O)OCCOC(=O)CC(=O)c1cc2c(o1)C(=O)c1ccccc1C2=O. The van der Waals surface area contributed by atoms with E-state index in [2.05, 4.69) is 0 Å². The van der Waals surface area contributed by atoms with Gasteiger partial charge in [-0.1, -0.05) is 54.6 Å². The smallest absolute Gasteiger partial charge is 0.323 e. The van der Waals surface area contributed by atoms with Gasteiger partial charge in [-0.05, 0) is 18.1 Å². The van der Waals surface area contributed by atoms with E-state index in [0.717, 1.165) is 11.6 Å². The summed E-state index contributed by atoms with van der Waals surface area (Å²) in [5, 5.41) is 0. The Morgan fingerprint density at radius 1 is 0.833 bits per heavy atom. The highest BCUT2D eigenvalue weighted by atomic mass is 35.5. The number of ether oxygens (including phenoxy) is 2. The van der Waals surface area contributed by atoms with Gasteiger partial charge in [0.2, 0.25) is 11.6 Å².